The van der Waals surface area contributed by atoms with Crippen LogP contribution in [0.1, 0.15) is 32.4 Å². The van der Waals surface area contributed by atoms with Crippen molar-refractivity contribution < 1.29 is 9.53 Å². The van der Waals surface area contributed by atoms with Crippen LogP contribution >= 0.6 is 12.2 Å². The van der Waals surface area contributed by atoms with E-state index in [4.69, 9.17) is 17.0 Å². The molecule has 1 N–H and O–H groups in total. The molecule has 0 saturated heterocycles. The Morgan fingerprint density at radius 2 is 1.96 bits per heavy atom. The van der Waals surface area contributed by atoms with E-state index in [2.05, 4.69) is 5.32 Å². The molecule has 24 heavy (non-hydrogen) atoms. The summed E-state index contributed by atoms with van der Waals surface area (Å²) in [7, 11) is 3.51. The lowest BCUT2D eigenvalue weighted by Crippen LogP contribution is -2.48. The van der Waals surface area contributed by atoms with Gasteiger partial charge in [0.1, 0.15) is 5.75 Å². The number of methoxy groups -OCH3 is 1. The molecule has 1 aromatic carbocycles. The highest BCUT2D eigenvalue weighted by molar-refractivity contribution is 7.80. The van der Waals surface area contributed by atoms with Crippen LogP contribution in [0.15, 0.2) is 35.5 Å². The van der Waals surface area contributed by atoms with Gasteiger partial charge < -0.3 is 19.9 Å². The number of benzene rings is 1. The smallest absolute Gasteiger partial charge is 0.253 e. The lowest BCUT2D eigenvalue weighted by atomic mass is 9.93. The Kier molecular flexibility index (Phi) is 5.83. The van der Waals surface area contributed by atoms with Crippen molar-refractivity contribution >= 4 is 23.2 Å². The predicted molar refractivity (Wildman–Crippen MR) is 99.9 cm³/mol. The van der Waals surface area contributed by atoms with Crippen molar-refractivity contribution in [2.24, 2.45) is 0 Å². The summed E-state index contributed by atoms with van der Waals surface area (Å²) in [6, 6.07) is 7.40. The normalized spacial score (nSPS) is 17.6. The number of hydrogen-bond donors (Lipinski definition) is 1. The Labute approximate surface area is 149 Å². The minimum atomic E-state index is -0.321. The summed E-state index contributed by atoms with van der Waals surface area (Å²) in [4.78, 5) is 16.8. The number of thiocarbonyl (C=S) groups is 1. The van der Waals surface area contributed by atoms with Crippen molar-refractivity contribution in [3.8, 4) is 5.75 Å². The van der Waals surface area contributed by atoms with Crippen LogP contribution < -0.4 is 10.1 Å². The van der Waals surface area contributed by atoms with E-state index in [-0.39, 0.29) is 11.9 Å². The van der Waals surface area contributed by atoms with Gasteiger partial charge in [0.05, 0.1) is 18.7 Å². The zero-order valence-corrected chi connectivity index (χ0v) is 15.7. The number of likely N-dealkylation sites (N-methyl/N-ethyl adjacent to an activating group) is 1. The number of nitrogens with zero attached hydrogens (tertiary/aromatic N) is 2. The first-order chi connectivity index (χ1) is 11.5. The molecule has 5 nitrogen and oxygen atoms in total. The fourth-order valence-corrected chi connectivity index (χ4v) is 3.19. The van der Waals surface area contributed by atoms with Gasteiger partial charge in [-0.15, -0.1) is 0 Å². The molecule has 130 valence electrons. The molecule has 6 heteroatoms. The van der Waals surface area contributed by atoms with Gasteiger partial charge in [0.25, 0.3) is 5.91 Å². The third kappa shape index (κ3) is 3.24. The van der Waals surface area contributed by atoms with E-state index in [1.54, 1.807) is 7.11 Å². The van der Waals surface area contributed by atoms with Gasteiger partial charge >= 0.3 is 0 Å². The first kappa shape index (κ1) is 18.3. The highest BCUT2D eigenvalue weighted by atomic mass is 32.1. The standard InChI is InChI=1S/C18H25N3O2S/c1-6-21(7-2)17(22)15-12(3)20(4)18(24)19-16(15)13-10-8-9-11-14(13)23-5/h8-11,16H,6-7H2,1-5H3,(H,19,24)/t16-/m1/s1. The number of ether oxygens (including phenoxy) is 1. The minimum absolute atomic E-state index is 0.0234. The van der Waals surface area contributed by atoms with Crippen molar-refractivity contribution in [1.82, 2.24) is 15.1 Å². The topological polar surface area (TPSA) is 44.8 Å². The first-order valence-electron chi connectivity index (χ1n) is 8.13. The van der Waals surface area contributed by atoms with Crippen LogP contribution in [0, 0.1) is 0 Å². The molecule has 0 bridgehead atoms. The summed E-state index contributed by atoms with van der Waals surface area (Å²) in [5.74, 6) is 0.759. The Hall–Kier alpha value is -2.08. The van der Waals surface area contributed by atoms with E-state index in [0.29, 0.717) is 23.8 Å². The number of carbonyl (C=O) groups excluding carboxylic acids is 1. The second kappa shape index (κ2) is 7.66. The molecule has 0 saturated carbocycles. The van der Waals surface area contributed by atoms with E-state index in [1.165, 1.54) is 0 Å². The van der Waals surface area contributed by atoms with Gasteiger partial charge in [0.15, 0.2) is 5.11 Å². The van der Waals surface area contributed by atoms with E-state index in [0.717, 1.165) is 17.0 Å². The molecule has 0 fully saturated rings. The van der Waals surface area contributed by atoms with Crippen molar-refractivity contribution in [2.75, 3.05) is 27.2 Å². The molecule has 2 rings (SSSR count). The number of rotatable bonds is 5. The third-order valence-corrected chi connectivity index (χ3v) is 4.88. The van der Waals surface area contributed by atoms with Gasteiger partial charge in [-0.3, -0.25) is 4.79 Å². The molecular formula is C18H25N3O2S. The molecular weight excluding hydrogens is 322 g/mol. The number of amides is 1. The highest BCUT2D eigenvalue weighted by Crippen LogP contribution is 2.35. The second-order valence-corrected chi connectivity index (χ2v) is 6.05. The Balaban J connectivity index is 2.59. The monoisotopic (exact) mass is 347 g/mol. The van der Waals surface area contributed by atoms with Crippen LogP contribution in [0.25, 0.3) is 0 Å². The summed E-state index contributed by atoms with van der Waals surface area (Å²) in [5, 5.41) is 3.89. The number of hydrogen-bond acceptors (Lipinski definition) is 3. The van der Waals surface area contributed by atoms with Gasteiger partial charge in [0.2, 0.25) is 0 Å². The average molecular weight is 347 g/mol. The van der Waals surface area contributed by atoms with Crippen LogP contribution in [0.4, 0.5) is 0 Å². The van der Waals surface area contributed by atoms with Crippen LogP contribution in [0.3, 0.4) is 0 Å². The Morgan fingerprint density at radius 1 is 1.33 bits per heavy atom. The van der Waals surface area contributed by atoms with Gasteiger partial charge in [-0.1, -0.05) is 18.2 Å². The summed E-state index contributed by atoms with van der Waals surface area (Å²) in [6.45, 7) is 7.24. The summed E-state index contributed by atoms with van der Waals surface area (Å²) < 4.78 is 5.49. The zero-order valence-electron chi connectivity index (χ0n) is 14.9. The molecule has 0 aromatic heterocycles. The highest BCUT2D eigenvalue weighted by Gasteiger charge is 2.35. The SMILES string of the molecule is CCN(CC)C(=O)C1=C(C)N(C)C(=S)N[C@@H]1c1ccccc1OC. The number of nitrogens with one attached hydrogen (secondary N) is 1. The number of para-hydroxylation sites is 1. The summed E-state index contributed by atoms with van der Waals surface area (Å²) in [6.07, 6.45) is 0. The number of carbonyl (C=O) groups is 1. The molecule has 1 aliphatic rings. The fraction of sp³-hybridized carbons (Fsp3) is 0.444. The molecule has 0 radical (unpaired) electrons. The second-order valence-electron chi connectivity index (χ2n) is 5.66. The molecule has 1 aliphatic heterocycles. The van der Waals surface area contributed by atoms with Gasteiger partial charge in [-0.2, -0.15) is 0 Å². The van der Waals surface area contributed by atoms with E-state index >= 15 is 0 Å². The minimum Gasteiger partial charge on any atom is -0.496 e. The quantitative estimate of drug-likeness (QED) is 0.830. The van der Waals surface area contributed by atoms with Crippen LogP contribution in [0.5, 0.6) is 5.75 Å². The van der Waals surface area contributed by atoms with Gasteiger partial charge in [0, 0.05) is 31.4 Å². The fourth-order valence-electron chi connectivity index (χ4n) is 2.93. The lowest BCUT2D eigenvalue weighted by Gasteiger charge is -2.37. The largest absolute Gasteiger partial charge is 0.496 e. The Morgan fingerprint density at radius 3 is 2.54 bits per heavy atom. The molecule has 1 heterocycles. The Bertz CT molecular complexity index is 668. The van der Waals surface area contributed by atoms with E-state index in [1.807, 2.05) is 61.9 Å². The van der Waals surface area contributed by atoms with Gasteiger partial charge in [-0.05, 0) is 39.1 Å². The average Bonchev–Trinajstić information content (AvgIpc) is 2.60. The maximum Gasteiger partial charge on any atom is 0.253 e. The summed E-state index contributed by atoms with van der Waals surface area (Å²) in [5.41, 5.74) is 2.48. The first-order valence-corrected chi connectivity index (χ1v) is 8.54. The third-order valence-electron chi connectivity index (χ3n) is 4.49. The van der Waals surface area contributed by atoms with Crippen LogP contribution in [0.2, 0.25) is 0 Å². The molecule has 1 aromatic rings. The molecule has 0 aliphatic carbocycles. The molecule has 0 unspecified atom stereocenters. The summed E-state index contributed by atoms with van der Waals surface area (Å²) >= 11 is 5.44. The molecule has 1 atom stereocenters. The van der Waals surface area contributed by atoms with Crippen LogP contribution in [-0.2, 0) is 4.79 Å². The van der Waals surface area contributed by atoms with Crippen molar-refractivity contribution in [2.45, 2.75) is 26.8 Å². The predicted octanol–water partition coefficient (Wildman–Crippen LogP) is 2.70. The van der Waals surface area contributed by atoms with E-state index < -0.39 is 0 Å². The van der Waals surface area contributed by atoms with Crippen molar-refractivity contribution in [1.29, 1.82) is 0 Å². The van der Waals surface area contributed by atoms with Gasteiger partial charge in [-0.25, -0.2) is 0 Å². The van der Waals surface area contributed by atoms with Crippen LogP contribution in [-0.4, -0.2) is 48.1 Å². The maximum absolute atomic E-state index is 13.1. The van der Waals surface area contributed by atoms with E-state index in [9.17, 15) is 4.79 Å². The number of allylic oxidation sites excluding steroid dienone is 1. The zero-order chi connectivity index (χ0) is 17.9. The maximum atomic E-state index is 13.1. The molecule has 0 spiro atoms. The van der Waals surface area contributed by atoms with Crippen molar-refractivity contribution in [3.05, 3.63) is 41.1 Å². The van der Waals surface area contributed by atoms with Crippen molar-refractivity contribution in [3.63, 3.8) is 0 Å². The lowest BCUT2D eigenvalue weighted by molar-refractivity contribution is -0.127. The molecule has 1 amide bonds.